The van der Waals surface area contributed by atoms with Gasteiger partial charge in [0.1, 0.15) is 12.4 Å². The molecule has 1 amide bonds. The fraction of sp³-hybridized carbons (Fsp3) is 0.0870. The van der Waals surface area contributed by atoms with E-state index in [2.05, 4.69) is 20.5 Å². The SMILES string of the molecule is O=C(CSc1nc2ccccc2[nH]1)N/N=C/c1ccccc1OCc1c(Cl)cccc1Cl. The molecule has 3 aromatic carbocycles. The Hall–Kier alpha value is -3.00. The molecule has 4 aromatic rings. The highest BCUT2D eigenvalue weighted by Gasteiger charge is 2.09. The van der Waals surface area contributed by atoms with E-state index >= 15 is 0 Å². The van der Waals surface area contributed by atoms with Crippen molar-refractivity contribution in [1.29, 1.82) is 0 Å². The molecule has 32 heavy (non-hydrogen) atoms. The van der Waals surface area contributed by atoms with E-state index in [1.807, 2.05) is 48.5 Å². The number of nitrogens with one attached hydrogen (secondary N) is 2. The van der Waals surface area contributed by atoms with Gasteiger partial charge in [-0.25, -0.2) is 10.4 Å². The lowest BCUT2D eigenvalue weighted by molar-refractivity contribution is -0.118. The summed E-state index contributed by atoms with van der Waals surface area (Å²) in [6.07, 6.45) is 1.54. The highest BCUT2D eigenvalue weighted by molar-refractivity contribution is 7.99. The maximum absolute atomic E-state index is 12.1. The predicted molar refractivity (Wildman–Crippen MR) is 130 cm³/mol. The van der Waals surface area contributed by atoms with E-state index in [0.29, 0.717) is 32.1 Å². The molecule has 0 aliphatic rings. The van der Waals surface area contributed by atoms with Gasteiger partial charge in [0, 0.05) is 21.2 Å². The number of halogens is 2. The van der Waals surface area contributed by atoms with Crippen molar-refractivity contribution in [3.8, 4) is 5.75 Å². The lowest BCUT2D eigenvalue weighted by atomic mass is 10.2. The number of fused-ring (bicyclic) bond motifs is 1. The van der Waals surface area contributed by atoms with Crippen LogP contribution in [0, 0.1) is 0 Å². The number of H-pyrrole nitrogens is 1. The summed E-state index contributed by atoms with van der Waals surface area (Å²) in [7, 11) is 0. The zero-order valence-corrected chi connectivity index (χ0v) is 19.0. The largest absolute Gasteiger partial charge is 0.488 e. The third-order valence-electron chi connectivity index (χ3n) is 4.45. The number of hydrogen-bond donors (Lipinski definition) is 2. The van der Waals surface area contributed by atoms with Crippen LogP contribution in [-0.4, -0.2) is 27.8 Å². The highest BCUT2D eigenvalue weighted by Crippen LogP contribution is 2.26. The van der Waals surface area contributed by atoms with Crippen LogP contribution >= 0.6 is 35.0 Å². The number of thioether (sulfide) groups is 1. The Bertz CT molecular complexity index is 1220. The van der Waals surface area contributed by atoms with E-state index in [9.17, 15) is 4.79 Å². The Balaban J connectivity index is 1.32. The van der Waals surface area contributed by atoms with Crippen molar-refractivity contribution in [2.45, 2.75) is 11.8 Å². The van der Waals surface area contributed by atoms with Gasteiger partial charge in [0.15, 0.2) is 5.16 Å². The van der Waals surface area contributed by atoms with Crippen LogP contribution in [0.25, 0.3) is 11.0 Å². The molecule has 0 aliphatic carbocycles. The fourth-order valence-corrected chi connectivity index (χ4v) is 4.06. The van der Waals surface area contributed by atoms with Crippen LogP contribution < -0.4 is 10.2 Å². The Morgan fingerprint density at radius 2 is 1.81 bits per heavy atom. The number of rotatable bonds is 8. The lowest BCUT2D eigenvalue weighted by Crippen LogP contribution is -2.19. The molecular weight excluding hydrogens is 467 g/mol. The fourth-order valence-electron chi connectivity index (χ4n) is 2.88. The molecule has 0 fully saturated rings. The van der Waals surface area contributed by atoms with Crippen LogP contribution in [0.5, 0.6) is 5.75 Å². The first-order valence-electron chi connectivity index (χ1n) is 9.64. The summed E-state index contributed by atoms with van der Waals surface area (Å²) in [5.74, 6) is 0.534. The summed E-state index contributed by atoms with van der Waals surface area (Å²) in [6.45, 7) is 0.212. The Labute approximate surface area is 199 Å². The molecule has 0 aliphatic heterocycles. The third kappa shape index (κ3) is 5.62. The number of carbonyl (C=O) groups excluding carboxylic acids is 1. The van der Waals surface area contributed by atoms with E-state index in [1.165, 1.54) is 18.0 Å². The molecule has 1 aromatic heterocycles. The molecule has 162 valence electrons. The van der Waals surface area contributed by atoms with Crippen LogP contribution in [0.15, 0.2) is 77.0 Å². The van der Waals surface area contributed by atoms with Gasteiger partial charge in [-0.05, 0) is 36.4 Å². The average molecular weight is 485 g/mol. The number of hydrazone groups is 1. The van der Waals surface area contributed by atoms with Crippen LogP contribution in [0.3, 0.4) is 0 Å². The van der Waals surface area contributed by atoms with Gasteiger partial charge in [0.05, 0.1) is 23.0 Å². The monoisotopic (exact) mass is 484 g/mol. The number of imidazole rings is 1. The highest BCUT2D eigenvalue weighted by atomic mass is 35.5. The number of aromatic nitrogens is 2. The number of ether oxygens (including phenoxy) is 1. The number of para-hydroxylation sites is 3. The summed E-state index contributed by atoms with van der Waals surface area (Å²) in [4.78, 5) is 19.8. The number of carbonyl (C=O) groups is 1. The van der Waals surface area contributed by atoms with Gasteiger partial charge in [0.25, 0.3) is 5.91 Å². The Morgan fingerprint density at radius 3 is 2.62 bits per heavy atom. The topological polar surface area (TPSA) is 79.4 Å². The van der Waals surface area contributed by atoms with Gasteiger partial charge in [-0.1, -0.05) is 65.3 Å². The first kappa shape index (κ1) is 22.2. The average Bonchev–Trinajstić information content (AvgIpc) is 3.21. The van der Waals surface area contributed by atoms with Gasteiger partial charge in [-0.15, -0.1) is 0 Å². The second kappa shape index (κ2) is 10.5. The number of amides is 1. The normalized spacial score (nSPS) is 11.2. The van der Waals surface area contributed by atoms with Crippen molar-refractivity contribution in [2.75, 3.05) is 5.75 Å². The molecule has 4 rings (SSSR count). The Kier molecular flexibility index (Phi) is 7.32. The van der Waals surface area contributed by atoms with E-state index in [1.54, 1.807) is 18.2 Å². The van der Waals surface area contributed by atoms with Crippen molar-refractivity contribution < 1.29 is 9.53 Å². The smallest absolute Gasteiger partial charge is 0.250 e. The summed E-state index contributed by atoms with van der Waals surface area (Å²) >= 11 is 13.7. The van der Waals surface area contributed by atoms with Gasteiger partial charge in [-0.2, -0.15) is 5.10 Å². The molecule has 6 nitrogen and oxygen atoms in total. The number of benzene rings is 3. The molecule has 0 spiro atoms. The molecule has 2 N–H and O–H groups in total. The van der Waals surface area contributed by atoms with E-state index in [-0.39, 0.29) is 18.3 Å². The minimum Gasteiger partial charge on any atom is -0.488 e. The van der Waals surface area contributed by atoms with Gasteiger partial charge in [0.2, 0.25) is 0 Å². The van der Waals surface area contributed by atoms with Crippen molar-refractivity contribution in [2.24, 2.45) is 5.10 Å². The summed E-state index contributed by atoms with van der Waals surface area (Å²) < 4.78 is 5.89. The predicted octanol–water partition coefficient (Wildman–Crippen LogP) is 5.69. The molecule has 0 radical (unpaired) electrons. The van der Waals surface area contributed by atoms with Gasteiger partial charge in [-0.3, -0.25) is 4.79 Å². The maximum Gasteiger partial charge on any atom is 0.250 e. The van der Waals surface area contributed by atoms with Crippen LogP contribution in [0.2, 0.25) is 10.0 Å². The first-order chi connectivity index (χ1) is 15.6. The van der Waals surface area contributed by atoms with E-state index in [4.69, 9.17) is 27.9 Å². The summed E-state index contributed by atoms with van der Waals surface area (Å²) in [6, 6.07) is 20.4. The standard InChI is InChI=1S/C23H18Cl2N4O2S/c24-17-7-5-8-18(25)16(17)13-31-21-11-4-1-6-15(21)12-26-29-22(30)14-32-23-27-19-9-2-3-10-20(19)28-23/h1-12H,13-14H2,(H,27,28)(H,29,30)/b26-12+. The van der Waals surface area contributed by atoms with Crippen molar-refractivity contribution in [1.82, 2.24) is 15.4 Å². The molecule has 9 heteroatoms. The zero-order chi connectivity index (χ0) is 22.3. The molecule has 0 bridgehead atoms. The second-order valence-corrected chi connectivity index (χ2v) is 8.45. The Morgan fingerprint density at radius 1 is 1.06 bits per heavy atom. The molecular formula is C23H18Cl2N4O2S. The number of aromatic amines is 1. The first-order valence-corrected chi connectivity index (χ1v) is 11.4. The van der Waals surface area contributed by atoms with E-state index < -0.39 is 0 Å². The minimum atomic E-state index is -0.243. The number of nitrogens with zero attached hydrogens (tertiary/aromatic N) is 2. The summed E-state index contributed by atoms with van der Waals surface area (Å²) in [5, 5.41) is 5.81. The van der Waals surface area contributed by atoms with Crippen LogP contribution in [-0.2, 0) is 11.4 Å². The molecule has 0 saturated heterocycles. The van der Waals surface area contributed by atoms with Gasteiger partial charge < -0.3 is 9.72 Å². The summed E-state index contributed by atoms with van der Waals surface area (Å²) in [5.41, 5.74) is 5.74. The van der Waals surface area contributed by atoms with Crippen molar-refractivity contribution >= 4 is 58.1 Å². The minimum absolute atomic E-state index is 0.181. The third-order valence-corrected chi connectivity index (χ3v) is 6.03. The van der Waals surface area contributed by atoms with Gasteiger partial charge >= 0.3 is 0 Å². The molecule has 0 saturated carbocycles. The molecule has 0 atom stereocenters. The second-order valence-electron chi connectivity index (χ2n) is 6.67. The number of hydrogen-bond acceptors (Lipinski definition) is 5. The zero-order valence-electron chi connectivity index (χ0n) is 16.7. The molecule has 1 heterocycles. The van der Waals surface area contributed by atoms with Crippen molar-refractivity contribution in [3.63, 3.8) is 0 Å². The lowest BCUT2D eigenvalue weighted by Gasteiger charge is -2.11. The quantitative estimate of drug-likeness (QED) is 0.191. The van der Waals surface area contributed by atoms with Crippen molar-refractivity contribution in [3.05, 3.63) is 87.9 Å². The van der Waals surface area contributed by atoms with Crippen LogP contribution in [0.1, 0.15) is 11.1 Å². The maximum atomic E-state index is 12.1. The molecule has 0 unspecified atom stereocenters. The van der Waals surface area contributed by atoms with E-state index in [0.717, 1.165) is 11.0 Å². The van der Waals surface area contributed by atoms with Crippen LogP contribution in [0.4, 0.5) is 0 Å².